The predicted molar refractivity (Wildman–Crippen MR) is 159 cm³/mol. The Labute approximate surface area is 234 Å². The number of piperazine rings is 1. The summed E-state index contributed by atoms with van der Waals surface area (Å²) in [7, 11) is 2.13. The fourth-order valence-electron chi connectivity index (χ4n) is 5.49. The molecule has 2 aliphatic rings. The van der Waals surface area contributed by atoms with Crippen LogP contribution in [0.5, 0.6) is 5.75 Å². The first kappa shape index (κ1) is 26.1. The molecule has 206 valence electrons. The van der Waals surface area contributed by atoms with Gasteiger partial charge in [-0.1, -0.05) is 6.07 Å². The number of amides is 1. The summed E-state index contributed by atoms with van der Waals surface area (Å²) in [5.41, 5.74) is 5.19. The number of aromatic nitrogens is 2. The monoisotopic (exact) mass is 537 g/mol. The molecule has 8 heteroatoms. The number of fused-ring (bicyclic) bond motifs is 2. The third-order valence-electron chi connectivity index (χ3n) is 8.04. The van der Waals surface area contributed by atoms with Crippen LogP contribution in [0.2, 0.25) is 0 Å². The Morgan fingerprint density at radius 1 is 1.00 bits per heavy atom. The van der Waals surface area contributed by atoms with Crippen molar-refractivity contribution in [1.29, 1.82) is 0 Å². The van der Waals surface area contributed by atoms with Gasteiger partial charge < -0.3 is 19.9 Å². The molecule has 1 N–H and O–H groups in total. The number of anilines is 2. The van der Waals surface area contributed by atoms with E-state index in [4.69, 9.17) is 4.74 Å². The maximum Gasteiger partial charge on any atom is 0.265 e. The average molecular weight is 538 g/mol. The molecule has 2 aliphatic heterocycles. The highest BCUT2D eigenvalue weighted by molar-refractivity contribution is 6.04. The standard InChI is InChI=1S/C32H35N5O3/c1-21-5-7-24(34-30(38)23-6-10-29-22(17-23)11-12-32(2,3)40-29)18-28(21)37-20-33-27-9-8-25(19-26(27)31(37)39)36-15-13-35(4)14-16-36/h5-10,17-20H,11-16H2,1-4H3,(H,34,38). The topological polar surface area (TPSA) is 79.7 Å². The van der Waals surface area contributed by atoms with Gasteiger partial charge in [-0.15, -0.1) is 0 Å². The lowest BCUT2D eigenvalue weighted by atomic mass is 9.93. The quantitative estimate of drug-likeness (QED) is 0.403. The van der Waals surface area contributed by atoms with Crippen molar-refractivity contribution >= 4 is 28.2 Å². The van der Waals surface area contributed by atoms with Crippen molar-refractivity contribution in [3.63, 3.8) is 0 Å². The molecule has 0 bridgehead atoms. The van der Waals surface area contributed by atoms with E-state index < -0.39 is 0 Å². The maximum absolute atomic E-state index is 13.7. The molecule has 3 heterocycles. The second kappa shape index (κ2) is 10.1. The van der Waals surface area contributed by atoms with Gasteiger partial charge in [0.05, 0.1) is 16.6 Å². The van der Waals surface area contributed by atoms with Gasteiger partial charge in [-0.05, 0) is 100 Å². The van der Waals surface area contributed by atoms with Crippen LogP contribution in [0.25, 0.3) is 16.6 Å². The fraction of sp³-hybridized carbons (Fsp3) is 0.344. The molecular weight excluding hydrogens is 502 g/mol. The summed E-state index contributed by atoms with van der Waals surface area (Å²) in [6, 6.07) is 17.1. The average Bonchev–Trinajstić information content (AvgIpc) is 2.94. The van der Waals surface area contributed by atoms with Gasteiger partial charge >= 0.3 is 0 Å². The predicted octanol–water partition coefficient (Wildman–Crippen LogP) is 4.80. The van der Waals surface area contributed by atoms with E-state index in [1.54, 1.807) is 17.0 Å². The van der Waals surface area contributed by atoms with Crippen molar-refractivity contribution < 1.29 is 9.53 Å². The Morgan fingerprint density at radius 2 is 1.80 bits per heavy atom. The van der Waals surface area contributed by atoms with Gasteiger partial charge in [0.1, 0.15) is 17.7 Å². The van der Waals surface area contributed by atoms with Gasteiger partial charge in [0, 0.05) is 43.1 Å². The molecule has 1 fully saturated rings. The van der Waals surface area contributed by atoms with Crippen LogP contribution in [-0.4, -0.2) is 59.2 Å². The highest BCUT2D eigenvalue weighted by atomic mass is 16.5. The third-order valence-corrected chi connectivity index (χ3v) is 8.04. The number of ether oxygens (including phenoxy) is 1. The molecule has 1 amide bonds. The van der Waals surface area contributed by atoms with E-state index in [0.717, 1.165) is 61.6 Å². The molecule has 0 atom stereocenters. The number of likely N-dealkylation sites (N-methyl/N-ethyl adjacent to an activating group) is 1. The first-order valence-electron chi connectivity index (χ1n) is 13.9. The molecule has 0 spiro atoms. The summed E-state index contributed by atoms with van der Waals surface area (Å²) in [6.45, 7) is 9.93. The van der Waals surface area contributed by atoms with Gasteiger partial charge in [0.15, 0.2) is 0 Å². The van der Waals surface area contributed by atoms with Crippen LogP contribution < -0.4 is 20.5 Å². The molecule has 0 saturated carbocycles. The Morgan fingerprint density at radius 3 is 2.60 bits per heavy atom. The number of carbonyl (C=O) groups excluding carboxylic acids is 1. The van der Waals surface area contributed by atoms with Gasteiger partial charge in [-0.2, -0.15) is 0 Å². The van der Waals surface area contributed by atoms with Crippen LogP contribution in [-0.2, 0) is 6.42 Å². The van der Waals surface area contributed by atoms with Crippen LogP contribution in [0.1, 0.15) is 41.8 Å². The summed E-state index contributed by atoms with van der Waals surface area (Å²) in [5.74, 6) is 0.632. The number of benzene rings is 3. The number of nitrogens with one attached hydrogen (secondary N) is 1. The number of nitrogens with zero attached hydrogens (tertiary/aromatic N) is 4. The number of hydrogen-bond acceptors (Lipinski definition) is 6. The molecule has 8 nitrogen and oxygen atoms in total. The lowest BCUT2D eigenvalue weighted by molar-refractivity contribution is 0.0846. The van der Waals surface area contributed by atoms with E-state index in [-0.39, 0.29) is 17.1 Å². The van der Waals surface area contributed by atoms with Crippen molar-refractivity contribution in [1.82, 2.24) is 14.5 Å². The molecule has 0 unspecified atom stereocenters. The maximum atomic E-state index is 13.7. The molecule has 0 aliphatic carbocycles. The molecule has 3 aromatic carbocycles. The first-order valence-corrected chi connectivity index (χ1v) is 13.9. The van der Waals surface area contributed by atoms with Crippen LogP contribution in [0, 0.1) is 6.92 Å². The van der Waals surface area contributed by atoms with E-state index in [2.05, 4.69) is 41.0 Å². The summed E-state index contributed by atoms with van der Waals surface area (Å²) in [5, 5.41) is 3.58. The minimum absolute atomic E-state index is 0.134. The van der Waals surface area contributed by atoms with Crippen LogP contribution in [0.4, 0.5) is 11.4 Å². The van der Waals surface area contributed by atoms with Crippen molar-refractivity contribution in [2.75, 3.05) is 43.4 Å². The number of carbonyl (C=O) groups is 1. The van der Waals surface area contributed by atoms with E-state index >= 15 is 0 Å². The summed E-state index contributed by atoms with van der Waals surface area (Å²) in [4.78, 5) is 36.1. The van der Waals surface area contributed by atoms with Gasteiger partial charge in [0.25, 0.3) is 11.5 Å². The third kappa shape index (κ3) is 5.07. The highest BCUT2D eigenvalue weighted by Gasteiger charge is 2.27. The van der Waals surface area contributed by atoms with Crippen LogP contribution in [0.15, 0.2) is 65.7 Å². The lowest BCUT2D eigenvalue weighted by Crippen LogP contribution is -2.44. The first-order chi connectivity index (χ1) is 19.2. The SMILES string of the molecule is Cc1ccc(NC(=O)c2ccc3c(c2)CCC(C)(C)O3)cc1-n1cnc2ccc(N3CCN(C)CC3)cc2c1=O. The number of hydrogen-bond donors (Lipinski definition) is 1. The Hall–Kier alpha value is -4.17. The van der Waals surface area contributed by atoms with E-state index in [1.807, 2.05) is 55.5 Å². The second-order valence-corrected chi connectivity index (χ2v) is 11.6. The van der Waals surface area contributed by atoms with E-state index in [1.165, 1.54) is 0 Å². The zero-order valence-electron chi connectivity index (χ0n) is 23.5. The zero-order valence-corrected chi connectivity index (χ0v) is 23.5. The van der Waals surface area contributed by atoms with Gasteiger partial charge in [0.2, 0.25) is 0 Å². The lowest BCUT2D eigenvalue weighted by Gasteiger charge is -2.34. The molecule has 40 heavy (non-hydrogen) atoms. The van der Waals surface area contributed by atoms with Crippen molar-refractivity contribution in [2.45, 2.75) is 39.2 Å². The molecule has 0 radical (unpaired) electrons. The van der Waals surface area contributed by atoms with E-state index in [0.29, 0.717) is 27.8 Å². The number of rotatable bonds is 4. The zero-order chi connectivity index (χ0) is 28.0. The Balaban J connectivity index is 1.28. The summed E-state index contributed by atoms with van der Waals surface area (Å²) in [6.07, 6.45) is 3.34. The van der Waals surface area contributed by atoms with Crippen LogP contribution in [0.3, 0.4) is 0 Å². The molecular formula is C32H35N5O3. The fourth-order valence-corrected chi connectivity index (χ4v) is 5.49. The molecule has 1 saturated heterocycles. The molecule has 4 aromatic rings. The normalized spacial score (nSPS) is 16.9. The van der Waals surface area contributed by atoms with Crippen molar-refractivity contribution in [2.24, 2.45) is 0 Å². The van der Waals surface area contributed by atoms with Gasteiger partial charge in [-0.25, -0.2) is 4.98 Å². The van der Waals surface area contributed by atoms with Crippen molar-refractivity contribution in [3.8, 4) is 11.4 Å². The largest absolute Gasteiger partial charge is 0.488 e. The Kier molecular flexibility index (Phi) is 6.58. The summed E-state index contributed by atoms with van der Waals surface area (Å²) < 4.78 is 7.63. The van der Waals surface area contributed by atoms with Crippen LogP contribution >= 0.6 is 0 Å². The summed E-state index contributed by atoms with van der Waals surface area (Å²) >= 11 is 0. The van der Waals surface area contributed by atoms with Gasteiger partial charge in [-0.3, -0.25) is 14.2 Å². The second-order valence-electron chi connectivity index (χ2n) is 11.6. The van der Waals surface area contributed by atoms with E-state index in [9.17, 15) is 9.59 Å². The van der Waals surface area contributed by atoms with Crippen molar-refractivity contribution in [3.05, 3.63) is 88.0 Å². The molecule has 6 rings (SSSR count). The highest BCUT2D eigenvalue weighted by Crippen LogP contribution is 2.33. The smallest absolute Gasteiger partial charge is 0.265 e. The minimum atomic E-state index is -0.205. The minimum Gasteiger partial charge on any atom is -0.488 e. The number of aryl methyl sites for hydroxylation is 2. The Bertz CT molecular complexity index is 1670. The molecule has 1 aromatic heterocycles.